The summed E-state index contributed by atoms with van der Waals surface area (Å²) < 4.78 is 52.4. The summed E-state index contributed by atoms with van der Waals surface area (Å²) in [5.41, 5.74) is 0.894. The Morgan fingerprint density at radius 3 is 2.59 bits per heavy atom. The standard InChI is InChI=1S/C17H16ClF2N5O3S/c1-9-12(28-17(19)20)5-6-13(23-9)24-15(10-3-2-4-11(18)7-10)16-22-8-14(25-16)29(21,26)27/h2-8,15,17H,1H3,(H,22,25)(H,23,24)(H2,21,26,27). The molecule has 0 aliphatic carbocycles. The molecule has 8 nitrogen and oxygen atoms in total. The van der Waals surface area contributed by atoms with Crippen molar-refractivity contribution < 1.29 is 21.9 Å². The van der Waals surface area contributed by atoms with Gasteiger partial charge in [0.1, 0.15) is 23.4 Å². The van der Waals surface area contributed by atoms with Gasteiger partial charge in [0.05, 0.1) is 5.69 Å². The van der Waals surface area contributed by atoms with E-state index >= 15 is 0 Å². The Morgan fingerprint density at radius 1 is 1.24 bits per heavy atom. The number of hydrogen-bond donors (Lipinski definition) is 3. The average molecular weight is 444 g/mol. The molecule has 2 heterocycles. The summed E-state index contributed by atoms with van der Waals surface area (Å²) in [6.45, 7) is -1.45. The number of aromatic amines is 1. The maximum atomic E-state index is 12.4. The van der Waals surface area contributed by atoms with Gasteiger partial charge in [-0.15, -0.1) is 0 Å². The number of sulfonamides is 1. The number of pyridine rings is 1. The predicted molar refractivity (Wildman–Crippen MR) is 102 cm³/mol. The van der Waals surface area contributed by atoms with Crippen LogP contribution < -0.4 is 15.2 Å². The van der Waals surface area contributed by atoms with Gasteiger partial charge in [0, 0.05) is 11.2 Å². The number of H-pyrrole nitrogens is 1. The monoisotopic (exact) mass is 443 g/mol. The van der Waals surface area contributed by atoms with Gasteiger partial charge >= 0.3 is 6.61 Å². The summed E-state index contributed by atoms with van der Waals surface area (Å²) in [7, 11) is -4.00. The maximum Gasteiger partial charge on any atom is 0.387 e. The highest BCUT2D eigenvalue weighted by molar-refractivity contribution is 7.89. The van der Waals surface area contributed by atoms with Crippen LogP contribution in [-0.2, 0) is 10.0 Å². The Kier molecular flexibility index (Phi) is 6.01. The molecule has 154 valence electrons. The van der Waals surface area contributed by atoms with Crippen LogP contribution in [0.5, 0.6) is 5.75 Å². The van der Waals surface area contributed by atoms with E-state index in [4.69, 9.17) is 16.7 Å². The van der Waals surface area contributed by atoms with E-state index in [2.05, 4.69) is 25.0 Å². The molecular formula is C17H16ClF2N5O3S. The van der Waals surface area contributed by atoms with Crippen molar-refractivity contribution in [3.63, 3.8) is 0 Å². The molecule has 3 aromatic rings. The van der Waals surface area contributed by atoms with Gasteiger partial charge in [-0.25, -0.2) is 23.5 Å². The van der Waals surface area contributed by atoms with Gasteiger partial charge in [-0.05, 0) is 36.8 Å². The third kappa shape index (κ3) is 5.19. The topological polar surface area (TPSA) is 123 Å². The molecule has 0 aliphatic heterocycles. The molecule has 0 aliphatic rings. The lowest BCUT2D eigenvalue weighted by Gasteiger charge is -2.19. The van der Waals surface area contributed by atoms with Crippen LogP contribution in [-0.4, -0.2) is 30.0 Å². The quantitative estimate of drug-likeness (QED) is 0.515. The first-order chi connectivity index (χ1) is 13.6. The second-order valence-corrected chi connectivity index (χ2v) is 7.90. The zero-order chi connectivity index (χ0) is 21.2. The number of aryl methyl sites for hydroxylation is 1. The Morgan fingerprint density at radius 2 is 2.00 bits per heavy atom. The number of aromatic nitrogens is 3. The molecule has 12 heteroatoms. The van der Waals surface area contributed by atoms with E-state index in [0.29, 0.717) is 16.4 Å². The van der Waals surface area contributed by atoms with Crippen molar-refractivity contribution in [1.82, 2.24) is 15.0 Å². The fraction of sp³-hybridized carbons (Fsp3) is 0.176. The molecule has 0 radical (unpaired) electrons. The molecule has 0 bridgehead atoms. The molecule has 4 N–H and O–H groups in total. The third-order valence-corrected chi connectivity index (χ3v) is 4.89. The number of primary sulfonamides is 1. The molecule has 1 aromatic carbocycles. The molecule has 1 unspecified atom stereocenters. The zero-order valence-electron chi connectivity index (χ0n) is 14.9. The zero-order valence-corrected chi connectivity index (χ0v) is 16.5. The lowest BCUT2D eigenvalue weighted by molar-refractivity contribution is -0.0505. The highest BCUT2D eigenvalue weighted by Crippen LogP contribution is 2.28. The molecule has 2 aromatic heterocycles. The number of alkyl halides is 2. The molecular weight excluding hydrogens is 428 g/mol. The molecule has 0 amide bonds. The molecule has 0 saturated carbocycles. The van der Waals surface area contributed by atoms with Crippen molar-refractivity contribution in [3.8, 4) is 5.75 Å². The van der Waals surface area contributed by atoms with E-state index in [1.165, 1.54) is 25.3 Å². The van der Waals surface area contributed by atoms with Crippen molar-refractivity contribution >= 4 is 27.4 Å². The van der Waals surface area contributed by atoms with Gasteiger partial charge in [-0.1, -0.05) is 23.7 Å². The van der Waals surface area contributed by atoms with E-state index < -0.39 is 22.7 Å². The van der Waals surface area contributed by atoms with Crippen LogP contribution >= 0.6 is 11.6 Å². The van der Waals surface area contributed by atoms with Crippen LogP contribution in [0.4, 0.5) is 14.6 Å². The van der Waals surface area contributed by atoms with E-state index in [1.807, 2.05) is 0 Å². The molecule has 0 fully saturated rings. The summed E-state index contributed by atoms with van der Waals surface area (Å²) in [6.07, 6.45) is 1.17. The fourth-order valence-corrected chi connectivity index (χ4v) is 3.25. The minimum Gasteiger partial charge on any atom is -0.433 e. The van der Waals surface area contributed by atoms with Crippen molar-refractivity contribution in [1.29, 1.82) is 0 Å². The number of nitrogens with zero attached hydrogens (tertiary/aromatic N) is 2. The number of nitrogens with one attached hydrogen (secondary N) is 2. The second-order valence-electron chi connectivity index (χ2n) is 5.96. The first-order valence-electron chi connectivity index (χ1n) is 8.16. The number of benzene rings is 1. The molecule has 0 saturated heterocycles. The number of rotatable bonds is 7. The number of nitrogens with two attached hydrogens (primary N) is 1. The lowest BCUT2D eigenvalue weighted by Crippen LogP contribution is -2.17. The second kappa shape index (κ2) is 8.31. The minimum atomic E-state index is -4.00. The Labute approximate surface area is 170 Å². The predicted octanol–water partition coefficient (Wildman–Crippen LogP) is 3.22. The van der Waals surface area contributed by atoms with Gasteiger partial charge < -0.3 is 15.0 Å². The maximum absolute atomic E-state index is 12.4. The van der Waals surface area contributed by atoms with Crippen molar-refractivity contribution in [2.45, 2.75) is 24.6 Å². The highest BCUT2D eigenvalue weighted by Gasteiger charge is 2.22. The molecule has 1 atom stereocenters. The molecule has 3 rings (SSSR count). The van der Waals surface area contributed by atoms with E-state index in [-0.39, 0.29) is 22.3 Å². The Balaban J connectivity index is 1.98. The number of imidazole rings is 1. The van der Waals surface area contributed by atoms with Crippen LogP contribution in [0.1, 0.15) is 23.1 Å². The van der Waals surface area contributed by atoms with Gasteiger partial charge in [0.2, 0.25) is 0 Å². The third-order valence-electron chi connectivity index (χ3n) is 3.87. The van der Waals surface area contributed by atoms with Crippen molar-refractivity contribution in [2.75, 3.05) is 5.32 Å². The Bertz CT molecular complexity index is 1120. The number of hydrogen-bond acceptors (Lipinski definition) is 6. The summed E-state index contributed by atoms with van der Waals surface area (Å²) >= 11 is 6.07. The smallest absolute Gasteiger partial charge is 0.387 e. The van der Waals surface area contributed by atoms with Gasteiger partial charge in [-0.2, -0.15) is 8.78 Å². The van der Waals surface area contributed by atoms with Gasteiger partial charge in [-0.3, -0.25) is 0 Å². The van der Waals surface area contributed by atoms with Crippen LogP contribution in [0.3, 0.4) is 0 Å². The number of halogens is 3. The van der Waals surface area contributed by atoms with E-state index in [9.17, 15) is 17.2 Å². The van der Waals surface area contributed by atoms with E-state index in [0.717, 1.165) is 0 Å². The van der Waals surface area contributed by atoms with Gasteiger partial charge in [0.15, 0.2) is 5.03 Å². The first-order valence-corrected chi connectivity index (χ1v) is 10.1. The Hall–Kier alpha value is -2.76. The summed E-state index contributed by atoms with van der Waals surface area (Å²) in [6, 6.07) is 8.93. The van der Waals surface area contributed by atoms with Crippen molar-refractivity contribution in [2.24, 2.45) is 5.14 Å². The lowest BCUT2D eigenvalue weighted by atomic mass is 10.1. The number of anilines is 1. The minimum absolute atomic E-state index is 0.0561. The normalized spacial score (nSPS) is 12.8. The SMILES string of the molecule is Cc1nc(NC(c2cccc(Cl)c2)c2nc(S(N)(=O)=O)c[nH]2)ccc1OC(F)F. The van der Waals surface area contributed by atoms with Crippen molar-refractivity contribution in [3.05, 3.63) is 64.7 Å². The fourth-order valence-electron chi connectivity index (χ4n) is 2.61. The summed E-state index contributed by atoms with van der Waals surface area (Å²) in [5, 5.41) is 8.33. The van der Waals surface area contributed by atoms with Crippen LogP contribution in [0, 0.1) is 6.92 Å². The first kappa shape index (κ1) is 21.0. The largest absolute Gasteiger partial charge is 0.433 e. The number of ether oxygens (including phenoxy) is 1. The van der Waals surface area contributed by atoms with Crippen LogP contribution in [0.25, 0.3) is 0 Å². The van der Waals surface area contributed by atoms with Gasteiger partial charge in [0.25, 0.3) is 10.0 Å². The van der Waals surface area contributed by atoms with Crippen LogP contribution in [0.2, 0.25) is 5.02 Å². The summed E-state index contributed by atoms with van der Waals surface area (Å²) in [5.74, 6) is 0.505. The summed E-state index contributed by atoms with van der Waals surface area (Å²) in [4.78, 5) is 11.0. The average Bonchev–Trinajstić information content (AvgIpc) is 3.12. The van der Waals surface area contributed by atoms with Crippen LogP contribution in [0.15, 0.2) is 47.6 Å². The molecule has 29 heavy (non-hydrogen) atoms. The highest BCUT2D eigenvalue weighted by atomic mass is 35.5. The van der Waals surface area contributed by atoms with E-state index in [1.54, 1.807) is 24.3 Å². The molecule has 0 spiro atoms.